The molecule has 0 aliphatic carbocycles. The number of nitrogens with zero attached hydrogens (tertiary/aromatic N) is 2. The molecule has 1 aromatic heterocycles. The number of benzene rings is 1. The van der Waals surface area contributed by atoms with E-state index in [9.17, 15) is 4.79 Å². The molecule has 2 heterocycles. The van der Waals surface area contributed by atoms with Gasteiger partial charge in [-0.05, 0) is 6.07 Å². The number of para-hydroxylation sites is 1. The molecule has 1 aliphatic heterocycles. The van der Waals surface area contributed by atoms with E-state index in [0.717, 1.165) is 28.1 Å². The predicted molar refractivity (Wildman–Crippen MR) is 87.6 cm³/mol. The fourth-order valence-electron chi connectivity index (χ4n) is 2.67. The van der Waals surface area contributed by atoms with Crippen LogP contribution in [0.3, 0.4) is 0 Å². The Morgan fingerprint density at radius 1 is 1.35 bits per heavy atom. The van der Waals surface area contributed by atoms with Crippen LogP contribution in [0.15, 0.2) is 24.3 Å². The van der Waals surface area contributed by atoms with Crippen LogP contribution in [0.4, 0.5) is 0 Å². The van der Waals surface area contributed by atoms with E-state index >= 15 is 0 Å². The molecule has 0 bridgehead atoms. The molecule has 0 spiro atoms. The third kappa shape index (κ3) is 2.61. The van der Waals surface area contributed by atoms with Crippen LogP contribution in [0.2, 0.25) is 0 Å². The molecular formula is C15H18N2OS2. The van der Waals surface area contributed by atoms with Crippen molar-refractivity contribution >= 4 is 40.2 Å². The molecule has 3 nitrogen and oxygen atoms in total. The summed E-state index contributed by atoms with van der Waals surface area (Å²) in [7, 11) is 1.93. The minimum atomic E-state index is 0.120. The van der Waals surface area contributed by atoms with E-state index in [-0.39, 0.29) is 5.25 Å². The van der Waals surface area contributed by atoms with Crippen LogP contribution in [0, 0.1) is 0 Å². The topological polar surface area (TPSA) is 34.9 Å². The largest absolute Gasteiger partial charge is 0.298 e. The first-order valence-electron chi connectivity index (χ1n) is 6.83. The molecular weight excluding hydrogens is 288 g/mol. The number of Topliss-reactive ketones (excluding diaryl/α,β-unsaturated/α-hetero) is 1. The number of carbonyl (C=O) groups excluding carboxylic acids is 1. The van der Waals surface area contributed by atoms with Crippen LogP contribution in [-0.2, 0) is 18.3 Å². The summed E-state index contributed by atoms with van der Waals surface area (Å²) in [5.74, 6) is 2.55. The van der Waals surface area contributed by atoms with Crippen molar-refractivity contribution in [3.63, 3.8) is 0 Å². The van der Waals surface area contributed by atoms with Gasteiger partial charge in [0.1, 0.15) is 0 Å². The van der Waals surface area contributed by atoms with Crippen molar-refractivity contribution in [2.75, 3.05) is 11.5 Å². The lowest BCUT2D eigenvalue weighted by Gasteiger charge is -2.26. The number of carbonyl (C=O) groups is 1. The molecule has 1 aliphatic rings. The molecule has 5 heteroatoms. The summed E-state index contributed by atoms with van der Waals surface area (Å²) in [5, 5.41) is 6.16. The Kier molecular flexibility index (Phi) is 4.08. The molecule has 0 saturated carbocycles. The number of hydrogen-bond acceptors (Lipinski definition) is 4. The molecule has 0 N–H and O–H groups in total. The Balaban J connectivity index is 1.84. The summed E-state index contributed by atoms with van der Waals surface area (Å²) in [6.07, 6.45) is 0.448. The summed E-state index contributed by atoms with van der Waals surface area (Å²) in [6.45, 7) is 2.16. The van der Waals surface area contributed by atoms with Crippen molar-refractivity contribution in [3.8, 4) is 0 Å². The van der Waals surface area contributed by atoms with Gasteiger partial charge in [-0.25, -0.2) is 0 Å². The molecule has 106 valence electrons. The normalized spacial score (nSPS) is 23.1. The molecule has 20 heavy (non-hydrogen) atoms. The highest BCUT2D eigenvalue weighted by molar-refractivity contribution is 8.07. The van der Waals surface area contributed by atoms with Gasteiger partial charge >= 0.3 is 0 Å². The second-order valence-corrected chi connectivity index (χ2v) is 7.83. The van der Waals surface area contributed by atoms with Crippen molar-refractivity contribution in [1.82, 2.24) is 9.78 Å². The highest BCUT2D eigenvalue weighted by Crippen LogP contribution is 2.32. The van der Waals surface area contributed by atoms with Gasteiger partial charge in [0, 0.05) is 29.2 Å². The van der Waals surface area contributed by atoms with E-state index < -0.39 is 0 Å². The zero-order valence-electron chi connectivity index (χ0n) is 11.7. The first-order chi connectivity index (χ1) is 9.66. The van der Waals surface area contributed by atoms with Crippen molar-refractivity contribution in [1.29, 1.82) is 0 Å². The van der Waals surface area contributed by atoms with Gasteiger partial charge < -0.3 is 0 Å². The first-order valence-corrected chi connectivity index (χ1v) is 8.93. The summed E-state index contributed by atoms with van der Waals surface area (Å²) in [4.78, 5) is 12.5. The van der Waals surface area contributed by atoms with E-state index in [1.807, 2.05) is 41.7 Å². The zero-order valence-corrected chi connectivity index (χ0v) is 13.3. The standard InChI is InChI=1S/C15H18N2OS2/c1-10-15(20-8-7-19-10)14(18)9-12-11-5-3-4-6-13(11)17(2)16-12/h3-6,10,15H,7-9H2,1-2H3. The highest BCUT2D eigenvalue weighted by Gasteiger charge is 2.29. The van der Waals surface area contributed by atoms with E-state index in [1.54, 1.807) is 11.8 Å². The summed E-state index contributed by atoms with van der Waals surface area (Å²) >= 11 is 3.71. The van der Waals surface area contributed by atoms with E-state index in [2.05, 4.69) is 18.1 Å². The van der Waals surface area contributed by atoms with Gasteiger partial charge in [0.2, 0.25) is 0 Å². The third-order valence-electron chi connectivity index (χ3n) is 3.68. The quantitative estimate of drug-likeness (QED) is 0.873. The van der Waals surface area contributed by atoms with Crippen LogP contribution in [0.1, 0.15) is 12.6 Å². The van der Waals surface area contributed by atoms with Gasteiger partial charge in [-0.1, -0.05) is 25.1 Å². The Bertz CT molecular complexity index is 638. The molecule has 0 radical (unpaired) electrons. The Morgan fingerprint density at radius 2 is 2.10 bits per heavy atom. The molecule has 2 unspecified atom stereocenters. The van der Waals surface area contributed by atoms with E-state index in [1.165, 1.54) is 0 Å². The maximum atomic E-state index is 12.5. The number of fused-ring (bicyclic) bond motifs is 1. The maximum absolute atomic E-state index is 12.5. The molecule has 1 aromatic carbocycles. The monoisotopic (exact) mass is 306 g/mol. The molecule has 3 rings (SSSR count). The lowest BCUT2D eigenvalue weighted by Crippen LogP contribution is -2.32. The summed E-state index contributed by atoms with van der Waals surface area (Å²) in [5.41, 5.74) is 2.01. The molecule has 0 amide bonds. The molecule has 2 aromatic rings. The molecule has 1 saturated heterocycles. The Hall–Kier alpha value is -0.940. The summed E-state index contributed by atoms with van der Waals surface area (Å²) < 4.78 is 1.87. The molecule has 1 fully saturated rings. The second kappa shape index (κ2) is 5.82. The van der Waals surface area contributed by atoms with Gasteiger partial charge in [-0.15, -0.1) is 11.8 Å². The van der Waals surface area contributed by atoms with Gasteiger partial charge in [0.05, 0.1) is 22.9 Å². The zero-order chi connectivity index (χ0) is 14.1. The van der Waals surface area contributed by atoms with Crippen molar-refractivity contribution in [3.05, 3.63) is 30.0 Å². The van der Waals surface area contributed by atoms with Crippen molar-refractivity contribution in [2.45, 2.75) is 23.8 Å². The average Bonchev–Trinajstić information content (AvgIpc) is 2.76. The van der Waals surface area contributed by atoms with Crippen molar-refractivity contribution < 1.29 is 4.79 Å². The predicted octanol–water partition coefficient (Wildman–Crippen LogP) is 2.92. The van der Waals surface area contributed by atoms with Crippen LogP contribution < -0.4 is 0 Å². The van der Waals surface area contributed by atoms with Crippen LogP contribution in [0.25, 0.3) is 10.9 Å². The smallest absolute Gasteiger partial charge is 0.152 e. The number of aromatic nitrogens is 2. The summed E-state index contributed by atoms with van der Waals surface area (Å²) in [6, 6.07) is 8.11. The SMILES string of the molecule is CC1SCCSC1C(=O)Cc1nn(C)c2ccccc12. The van der Waals surface area contributed by atoms with Crippen LogP contribution in [0.5, 0.6) is 0 Å². The number of hydrogen-bond donors (Lipinski definition) is 0. The van der Waals surface area contributed by atoms with Crippen LogP contribution in [-0.4, -0.2) is 37.6 Å². The lowest BCUT2D eigenvalue weighted by molar-refractivity contribution is -0.117. The number of rotatable bonds is 3. The van der Waals surface area contributed by atoms with Gasteiger partial charge in [-0.2, -0.15) is 16.9 Å². The lowest BCUT2D eigenvalue weighted by atomic mass is 10.1. The minimum absolute atomic E-state index is 0.120. The van der Waals surface area contributed by atoms with Gasteiger partial charge in [-0.3, -0.25) is 9.48 Å². The average molecular weight is 306 g/mol. The fraction of sp³-hybridized carbons (Fsp3) is 0.467. The fourth-order valence-corrected chi connectivity index (χ4v) is 5.41. The minimum Gasteiger partial charge on any atom is -0.298 e. The van der Waals surface area contributed by atoms with E-state index in [0.29, 0.717) is 17.5 Å². The highest BCUT2D eigenvalue weighted by atomic mass is 32.2. The molecule has 2 atom stereocenters. The number of ketones is 1. The third-order valence-corrected chi connectivity index (χ3v) is 6.82. The maximum Gasteiger partial charge on any atom is 0.152 e. The second-order valence-electron chi connectivity index (χ2n) is 5.10. The Morgan fingerprint density at radius 3 is 2.90 bits per heavy atom. The van der Waals surface area contributed by atoms with E-state index in [4.69, 9.17) is 0 Å². The van der Waals surface area contributed by atoms with Gasteiger partial charge in [0.15, 0.2) is 5.78 Å². The van der Waals surface area contributed by atoms with Crippen molar-refractivity contribution in [2.24, 2.45) is 7.05 Å². The van der Waals surface area contributed by atoms with Crippen LogP contribution >= 0.6 is 23.5 Å². The van der Waals surface area contributed by atoms with Gasteiger partial charge in [0.25, 0.3) is 0 Å². The first kappa shape index (κ1) is 14.0. The number of aryl methyl sites for hydroxylation is 1. The number of thioether (sulfide) groups is 2. The Labute approximate surface area is 127 Å².